The fraction of sp³-hybridized carbons (Fsp3) is 0.182. The highest BCUT2D eigenvalue weighted by Crippen LogP contribution is 2.26. The maximum atomic E-state index is 13.4. The third kappa shape index (κ3) is 3.13. The maximum absolute atomic E-state index is 13.4. The number of aryl methyl sites for hydroxylation is 1. The van der Waals surface area contributed by atoms with Crippen molar-refractivity contribution in [2.45, 2.75) is 12.1 Å². The molecule has 0 spiro atoms. The molecule has 0 aliphatic carbocycles. The van der Waals surface area contributed by atoms with Crippen LogP contribution in [-0.2, 0) is 4.79 Å². The van der Waals surface area contributed by atoms with Crippen LogP contribution in [0.3, 0.4) is 0 Å². The molecule has 2 aromatic rings. The van der Waals surface area contributed by atoms with Crippen molar-refractivity contribution in [2.75, 3.05) is 5.75 Å². The van der Waals surface area contributed by atoms with Crippen LogP contribution in [0.4, 0.5) is 4.39 Å². The number of aliphatic carboxylic acids is 1. The van der Waals surface area contributed by atoms with Crippen molar-refractivity contribution in [3.05, 3.63) is 34.3 Å². The van der Waals surface area contributed by atoms with Crippen molar-refractivity contribution in [3.8, 4) is 5.69 Å². The summed E-state index contributed by atoms with van der Waals surface area (Å²) in [6.45, 7) is 1.76. The molecular formula is C11H9BrFN3O2S. The second-order valence-electron chi connectivity index (χ2n) is 3.72. The summed E-state index contributed by atoms with van der Waals surface area (Å²) in [6, 6.07) is 3.00. The Labute approximate surface area is 121 Å². The van der Waals surface area contributed by atoms with Crippen LogP contribution in [0.2, 0.25) is 0 Å². The highest BCUT2D eigenvalue weighted by atomic mass is 79.9. The molecule has 0 amide bonds. The monoisotopic (exact) mass is 345 g/mol. The zero-order valence-corrected chi connectivity index (χ0v) is 12.2. The molecule has 1 aromatic heterocycles. The number of halogens is 2. The van der Waals surface area contributed by atoms with Crippen molar-refractivity contribution < 1.29 is 14.3 Å². The fourth-order valence-corrected chi connectivity index (χ4v) is 2.48. The molecule has 1 aromatic carbocycles. The van der Waals surface area contributed by atoms with Gasteiger partial charge in [0.05, 0.1) is 15.9 Å². The average molecular weight is 346 g/mol. The van der Waals surface area contributed by atoms with E-state index in [0.29, 0.717) is 20.9 Å². The Hall–Kier alpha value is -1.41. The van der Waals surface area contributed by atoms with Crippen LogP contribution < -0.4 is 0 Å². The van der Waals surface area contributed by atoms with Crippen molar-refractivity contribution in [1.29, 1.82) is 0 Å². The molecule has 0 atom stereocenters. The first kappa shape index (κ1) is 14.0. The van der Waals surface area contributed by atoms with E-state index in [0.717, 1.165) is 11.8 Å². The van der Waals surface area contributed by atoms with Crippen LogP contribution in [-0.4, -0.2) is 31.6 Å². The summed E-state index contributed by atoms with van der Waals surface area (Å²) < 4.78 is 15.3. The van der Waals surface area contributed by atoms with Crippen LogP contribution in [0.25, 0.3) is 5.69 Å². The van der Waals surface area contributed by atoms with Crippen LogP contribution in [0.1, 0.15) is 5.56 Å². The lowest BCUT2D eigenvalue weighted by Crippen LogP contribution is -2.03. The van der Waals surface area contributed by atoms with E-state index in [4.69, 9.17) is 5.11 Å². The van der Waals surface area contributed by atoms with E-state index >= 15 is 0 Å². The molecule has 19 heavy (non-hydrogen) atoms. The van der Waals surface area contributed by atoms with Gasteiger partial charge in [0.25, 0.3) is 0 Å². The number of benzene rings is 1. The number of thioether (sulfide) groups is 1. The normalized spacial score (nSPS) is 10.7. The van der Waals surface area contributed by atoms with E-state index in [1.165, 1.54) is 12.4 Å². The molecule has 0 aliphatic heterocycles. The molecule has 0 fully saturated rings. The molecule has 0 aliphatic rings. The van der Waals surface area contributed by atoms with Gasteiger partial charge in [0.1, 0.15) is 12.1 Å². The van der Waals surface area contributed by atoms with Gasteiger partial charge in [-0.2, -0.15) is 0 Å². The van der Waals surface area contributed by atoms with E-state index in [1.807, 2.05) is 0 Å². The fourth-order valence-electron chi connectivity index (χ4n) is 1.51. The lowest BCUT2D eigenvalue weighted by Gasteiger charge is -2.10. The predicted molar refractivity (Wildman–Crippen MR) is 72.1 cm³/mol. The van der Waals surface area contributed by atoms with Gasteiger partial charge >= 0.3 is 5.97 Å². The highest BCUT2D eigenvalue weighted by molar-refractivity contribution is 9.10. The number of carboxylic acids is 1. The van der Waals surface area contributed by atoms with E-state index in [-0.39, 0.29) is 11.6 Å². The average Bonchev–Trinajstić information content (AvgIpc) is 2.79. The largest absolute Gasteiger partial charge is 0.481 e. The Morgan fingerprint density at radius 3 is 3.00 bits per heavy atom. The number of nitrogens with zero attached hydrogens (tertiary/aromatic N) is 3. The Morgan fingerprint density at radius 2 is 2.32 bits per heavy atom. The molecule has 0 bridgehead atoms. The van der Waals surface area contributed by atoms with Gasteiger partial charge in [0.15, 0.2) is 5.16 Å². The summed E-state index contributed by atoms with van der Waals surface area (Å²) in [4.78, 5) is 10.6. The number of aromatic nitrogens is 3. The van der Waals surface area contributed by atoms with Gasteiger partial charge in [-0.25, -0.2) is 4.39 Å². The van der Waals surface area contributed by atoms with E-state index in [9.17, 15) is 9.18 Å². The van der Waals surface area contributed by atoms with Crippen molar-refractivity contribution in [2.24, 2.45) is 0 Å². The maximum Gasteiger partial charge on any atom is 0.313 e. The van der Waals surface area contributed by atoms with Crippen molar-refractivity contribution in [3.63, 3.8) is 0 Å². The lowest BCUT2D eigenvalue weighted by molar-refractivity contribution is -0.133. The van der Waals surface area contributed by atoms with E-state index < -0.39 is 5.97 Å². The first-order chi connectivity index (χ1) is 8.99. The first-order valence-electron chi connectivity index (χ1n) is 5.19. The van der Waals surface area contributed by atoms with E-state index in [2.05, 4.69) is 26.1 Å². The number of hydrogen-bond donors (Lipinski definition) is 1. The molecule has 2 rings (SSSR count). The summed E-state index contributed by atoms with van der Waals surface area (Å²) in [5, 5.41) is 16.7. The third-order valence-electron chi connectivity index (χ3n) is 2.34. The summed E-state index contributed by atoms with van der Waals surface area (Å²) in [5.41, 5.74) is 1.41. The lowest BCUT2D eigenvalue weighted by atomic mass is 10.2. The van der Waals surface area contributed by atoms with Gasteiger partial charge in [0.2, 0.25) is 0 Å². The van der Waals surface area contributed by atoms with Gasteiger partial charge in [-0.3, -0.25) is 9.36 Å². The van der Waals surface area contributed by atoms with Gasteiger partial charge < -0.3 is 5.11 Å². The number of rotatable bonds is 4. The molecule has 0 saturated carbocycles. The molecule has 100 valence electrons. The number of carbonyl (C=O) groups is 1. The Balaban J connectivity index is 2.40. The van der Waals surface area contributed by atoms with Gasteiger partial charge in [0, 0.05) is 0 Å². The van der Waals surface area contributed by atoms with Crippen LogP contribution in [0.5, 0.6) is 0 Å². The molecule has 0 radical (unpaired) electrons. The molecule has 0 unspecified atom stereocenters. The standard InChI is InChI=1S/C11H9BrFN3O2S/c1-6-2-8(13)7(12)3-9(6)16-5-14-15-11(16)19-4-10(17)18/h2-3,5H,4H2,1H3,(H,17,18). The zero-order chi connectivity index (χ0) is 14.0. The Morgan fingerprint density at radius 1 is 1.58 bits per heavy atom. The minimum atomic E-state index is -0.934. The summed E-state index contributed by atoms with van der Waals surface area (Å²) >= 11 is 4.18. The van der Waals surface area contributed by atoms with Crippen LogP contribution in [0, 0.1) is 12.7 Å². The summed E-state index contributed by atoms with van der Waals surface area (Å²) in [6.07, 6.45) is 1.47. The second-order valence-corrected chi connectivity index (χ2v) is 5.52. The van der Waals surface area contributed by atoms with Gasteiger partial charge in [-0.15, -0.1) is 10.2 Å². The summed E-state index contributed by atoms with van der Waals surface area (Å²) in [7, 11) is 0. The van der Waals surface area contributed by atoms with Gasteiger partial charge in [-0.1, -0.05) is 11.8 Å². The minimum absolute atomic E-state index is 0.111. The smallest absolute Gasteiger partial charge is 0.313 e. The molecule has 1 heterocycles. The molecule has 0 saturated heterocycles. The molecule has 8 heteroatoms. The number of hydrogen-bond acceptors (Lipinski definition) is 4. The minimum Gasteiger partial charge on any atom is -0.481 e. The molecule has 5 nitrogen and oxygen atoms in total. The quantitative estimate of drug-likeness (QED) is 0.862. The molecule has 1 N–H and O–H groups in total. The Bertz CT molecular complexity index is 632. The molecular weight excluding hydrogens is 337 g/mol. The predicted octanol–water partition coefficient (Wildman–Crippen LogP) is 2.65. The SMILES string of the molecule is Cc1cc(F)c(Br)cc1-n1cnnc1SCC(=O)O. The van der Waals surface area contributed by atoms with Crippen molar-refractivity contribution >= 4 is 33.7 Å². The van der Waals surface area contributed by atoms with Crippen molar-refractivity contribution in [1.82, 2.24) is 14.8 Å². The Kier molecular flexibility index (Phi) is 4.20. The van der Waals surface area contributed by atoms with Crippen LogP contribution >= 0.6 is 27.7 Å². The second kappa shape index (κ2) is 5.70. The highest BCUT2D eigenvalue weighted by Gasteiger charge is 2.13. The number of carboxylic acid groups (broad SMARTS) is 1. The third-order valence-corrected chi connectivity index (χ3v) is 3.88. The van der Waals surface area contributed by atoms with Gasteiger partial charge in [-0.05, 0) is 40.5 Å². The van der Waals surface area contributed by atoms with E-state index in [1.54, 1.807) is 17.6 Å². The first-order valence-corrected chi connectivity index (χ1v) is 6.97. The topological polar surface area (TPSA) is 68.0 Å². The zero-order valence-electron chi connectivity index (χ0n) is 9.80. The summed E-state index contributed by atoms with van der Waals surface area (Å²) in [5.74, 6) is -1.40. The van der Waals surface area contributed by atoms with Crippen LogP contribution in [0.15, 0.2) is 28.1 Å².